The van der Waals surface area contributed by atoms with Crippen molar-refractivity contribution < 1.29 is 32.7 Å². The molecule has 6 nitrogen and oxygen atoms in total. The summed E-state index contributed by atoms with van der Waals surface area (Å²) < 4.78 is 38.0. The van der Waals surface area contributed by atoms with E-state index in [1.54, 1.807) is 0 Å². The van der Waals surface area contributed by atoms with Gasteiger partial charge in [0.15, 0.2) is 0 Å². The fraction of sp³-hybridized carbons (Fsp3) is 0.176. The van der Waals surface area contributed by atoms with E-state index in [9.17, 15) is 32.7 Å². The molecule has 2 aromatic rings. The van der Waals surface area contributed by atoms with Gasteiger partial charge in [0.2, 0.25) is 11.8 Å². The molecule has 0 saturated carbocycles. The van der Waals surface area contributed by atoms with Crippen molar-refractivity contribution in [3.05, 3.63) is 53.7 Å². The van der Waals surface area contributed by atoms with E-state index in [0.717, 1.165) is 40.9 Å². The van der Waals surface area contributed by atoms with Gasteiger partial charge in [-0.25, -0.2) is 14.7 Å². The number of hydrogen-bond acceptors (Lipinski definition) is 5. The van der Waals surface area contributed by atoms with Crippen LogP contribution in [0.25, 0.3) is 0 Å². The second-order valence-electron chi connectivity index (χ2n) is 5.58. The maximum absolute atomic E-state index is 12.7. The summed E-state index contributed by atoms with van der Waals surface area (Å²) in [4.78, 5) is 40.8. The zero-order valence-corrected chi connectivity index (χ0v) is 14.3. The first-order valence-electron chi connectivity index (χ1n) is 7.57. The van der Waals surface area contributed by atoms with Gasteiger partial charge in [-0.2, -0.15) is 13.2 Å². The van der Waals surface area contributed by atoms with E-state index in [1.165, 1.54) is 18.3 Å². The van der Waals surface area contributed by atoms with Gasteiger partial charge in [-0.1, -0.05) is 11.8 Å². The van der Waals surface area contributed by atoms with Crippen LogP contribution in [0, 0.1) is 0 Å². The number of benzene rings is 1. The number of aromatic carboxylic acids is 1. The molecule has 2 heterocycles. The number of alkyl halides is 3. The van der Waals surface area contributed by atoms with Gasteiger partial charge >= 0.3 is 12.1 Å². The van der Waals surface area contributed by atoms with Crippen LogP contribution >= 0.6 is 11.8 Å². The molecule has 1 N–H and O–H groups in total. The highest BCUT2D eigenvalue weighted by atomic mass is 32.2. The van der Waals surface area contributed by atoms with Crippen LogP contribution in [0.1, 0.15) is 22.3 Å². The topological polar surface area (TPSA) is 87.6 Å². The van der Waals surface area contributed by atoms with Crippen LogP contribution in [0.2, 0.25) is 0 Å². The van der Waals surface area contributed by atoms with Gasteiger partial charge < -0.3 is 5.11 Å². The molecule has 0 unspecified atom stereocenters. The molecule has 0 radical (unpaired) electrons. The Bertz CT molecular complexity index is 915. The van der Waals surface area contributed by atoms with E-state index >= 15 is 0 Å². The maximum Gasteiger partial charge on any atom is 0.416 e. The standard InChI is InChI=1S/C17H11F3N2O4S/c18-17(19,20)9-3-5-10(6-4-9)22-13(23)8-12(15(22)24)27-14-11(16(25)26)2-1-7-21-14/h1-7,12H,8H2,(H,25,26)/t12-/m0/s1. The highest BCUT2D eigenvalue weighted by Gasteiger charge is 2.41. The van der Waals surface area contributed by atoms with E-state index < -0.39 is 34.8 Å². The number of pyridine rings is 1. The number of carbonyl (C=O) groups is 3. The quantitative estimate of drug-likeness (QED) is 0.799. The Balaban J connectivity index is 1.83. The second-order valence-corrected chi connectivity index (χ2v) is 6.78. The Labute approximate surface area is 155 Å². The highest BCUT2D eigenvalue weighted by molar-refractivity contribution is 8.00. The van der Waals surface area contributed by atoms with E-state index in [1.807, 2.05) is 0 Å². The fourth-order valence-corrected chi connectivity index (χ4v) is 3.65. The molecule has 3 rings (SSSR count). The first-order chi connectivity index (χ1) is 12.7. The summed E-state index contributed by atoms with van der Waals surface area (Å²) >= 11 is 0.840. The number of nitrogens with zero attached hydrogens (tertiary/aromatic N) is 2. The Morgan fingerprint density at radius 3 is 2.44 bits per heavy atom. The molecule has 1 aromatic carbocycles. The van der Waals surface area contributed by atoms with Gasteiger partial charge in [0, 0.05) is 12.6 Å². The summed E-state index contributed by atoms with van der Waals surface area (Å²) in [6, 6.07) is 6.44. The first-order valence-corrected chi connectivity index (χ1v) is 8.45. The molecular weight excluding hydrogens is 385 g/mol. The molecule has 0 aliphatic carbocycles. The molecule has 10 heteroatoms. The third kappa shape index (κ3) is 3.80. The Kier molecular flexibility index (Phi) is 4.92. The lowest BCUT2D eigenvalue weighted by atomic mass is 10.2. The monoisotopic (exact) mass is 396 g/mol. The summed E-state index contributed by atoms with van der Waals surface area (Å²) in [5.41, 5.74) is -0.966. The van der Waals surface area contributed by atoms with Gasteiger partial charge in [-0.3, -0.25) is 9.59 Å². The summed E-state index contributed by atoms with van der Waals surface area (Å²) in [6.07, 6.45) is -3.37. The van der Waals surface area contributed by atoms with Crippen LogP contribution in [0.3, 0.4) is 0 Å². The van der Waals surface area contributed by atoms with Crippen molar-refractivity contribution in [2.45, 2.75) is 22.9 Å². The normalized spacial score (nSPS) is 17.4. The van der Waals surface area contributed by atoms with Crippen LogP contribution in [0.5, 0.6) is 0 Å². The van der Waals surface area contributed by atoms with Crippen molar-refractivity contribution in [1.82, 2.24) is 4.98 Å². The van der Waals surface area contributed by atoms with Crippen molar-refractivity contribution in [3.8, 4) is 0 Å². The zero-order valence-electron chi connectivity index (χ0n) is 13.4. The van der Waals surface area contributed by atoms with Gasteiger partial charge in [-0.15, -0.1) is 0 Å². The maximum atomic E-state index is 12.7. The van der Waals surface area contributed by atoms with Gasteiger partial charge in [0.1, 0.15) is 5.03 Å². The van der Waals surface area contributed by atoms with E-state index in [-0.39, 0.29) is 22.7 Å². The lowest BCUT2D eigenvalue weighted by Crippen LogP contribution is -2.31. The van der Waals surface area contributed by atoms with Crippen molar-refractivity contribution in [3.63, 3.8) is 0 Å². The van der Waals surface area contributed by atoms with Gasteiger partial charge in [0.05, 0.1) is 22.1 Å². The number of carbonyl (C=O) groups excluding carboxylic acids is 2. The number of hydrogen-bond donors (Lipinski definition) is 1. The lowest BCUT2D eigenvalue weighted by molar-refractivity contribution is -0.137. The van der Waals surface area contributed by atoms with Crippen LogP contribution in [-0.4, -0.2) is 33.1 Å². The molecular formula is C17H11F3N2O4S. The molecule has 1 aliphatic heterocycles. The zero-order chi connectivity index (χ0) is 19.8. The van der Waals surface area contributed by atoms with Gasteiger partial charge in [0.25, 0.3) is 0 Å². The molecule has 1 aliphatic rings. The predicted octanol–water partition coefficient (Wildman–Crippen LogP) is 3.22. The van der Waals surface area contributed by atoms with Crippen LogP contribution in [0.4, 0.5) is 18.9 Å². The number of aromatic nitrogens is 1. The number of carboxylic acids is 1. The van der Waals surface area contributed by atoms with Crippen LogP contribution in [-0.2, 0) is 15.8 Å². The molecule has 0 spiro atoms. The van der Waals surface area contributed by atoms with Gasteiger partial charge in [-0.05, 0) is 36.4 Å². The minimum Gasteiger partial charge on any atom is -0.478 e. The van der Waals surface area contributed by atoms with Crippen LogP contribution in [0.15, 0.2) is 47.6 Å². The largest absolute Gasteiger partial charge is 0.478 e. The van der Waals surface area contributed by atoms with Crippen LogP contribution < -0.4 is 4.90 Å². The smallest absolute Gasteiger partial charge is 0.416 e. The average molecular weight is 396 g/mol. The van der Waals surface area contributed by atoms with Crippen molar-refractivity contribution in [2.24, 2.45) is 0 Å². The van der Waals surface area contributed by atoms with E-state index in [4.69, 9.17) is 0 Å². The molecule has 1 saturated heterocycles. The third-order valence-corrected chi connectivity index (χ3v) is 5.01. The molecule has 1 aromatic heterocycles. The molecule has 2 amide bonds. The number of thioether (sulfide) groups is 1. The van der Waals surface area contributed by atoms with Crippen molar-refractivity contribution in [1.29, 1.82) is 0 Å². The minimum absolute atomic E-state index is 0.0283. The number of imide groups is 1. The highest BCUT2D eigenvalue weighted by Crippen LogP contribution is 2.36. The number of halogens is 3. The minimum atomic E-state index is -4.53. The summed E-state index contributed by atoms with van der Waals surface area (Å²) in [5, 5.41) is 8.35. The van der Waals surface area contributed by atoms with Crippen molar-refractivity contribution in [2.75, 3.05) is 4.90 Å². The number of rotatable bonds is 4. The third-order valence-electron chi connectivity index (χ3n) is 3.81. The summed E-state index contributed by atoms with van der Waals surface area (Å²) in [6.45, 7) is 0. The molecule has 140 valence electrons. The Morgan fingerprint density at radius 1 is 1.19 bits per heavy atom. The lowest BCUT2D eigenvalue weighted by Gasteiger charge is -2.16. The Hall–Kier alpha value is -2.88. The number of anilines is 1. The second kappa shape index (κ2) is 7.03. The van der Waals surface area contributed by atoms with E-state index in [0.29, 0.717) is 0 Å². The predicted molar refractivity (Wildman–Crippen MR) is 89.4 cm³/mol. The molecule has 27 heavy (non-hydrogen) atoms. The fourth-order valence-electron chi connectivity index (χ4n) is 2.55. The average Bonchev–Trinajstić information content (AvgIpc) is 2.88. The molecule has 1 fully saturated rings. The van der Waals surface area contributed by atoms with E-state index in [2.05, 4.69) is 4.98 Å². The summed E-state index contributed by atoms with van der Waals surface area (Å²) in [7, 11) is 0. The number of amides is 2. The van der Waals surface area contributed by atoms with Crippen molar-refractivity contribution >= 4 is 35.2 Å². The first kappa shape index (κ1) is 18.9. The summed E-state index contributed by atoms with van der Waals surface area (Å²) in [5.74, 6) is -2.43. The molecule has 1 atom stereocenters. The SMILES string of the molecule is O=C(O)c1cccnc1S[C@H]1CC(=O)N(c2ccc(C(F)(F)F)cc2)C1=O. The molecule has 0 bridgehead atoms. The Morgan fingerprint density at radius 2 is 1.85 bits per heavy atom. The number of carboxylic acid groups (broad SMARTS) is 1.